The van der Waals surface area contributed by atoms with Crippen molar-refractivity contribution in [3.05, 3.63) is 24.2 Å². The van der Waals surface area contributed by atoms with E-state index in [9.17, 15) is 4.79 Å². The van der Waals surface area contributed by atoms with Gasteiger partial charge in [-0.3, -0.25) is 14.5 Å². The van der Waals surface area contributed by atoms with Crippen molar-refractivity contribution >= 4 is 16.8 Å². The number of nitrogens with zero attached hydrogens (tertiary/aromatic N) is 3. The van der Waals surface area contributed by atoms with Crippen LogP contribution in [0.15, 0.2) is 18.5 Å². The van der Waals surface area contributed by atoms with E-state index in [1.807, 2.05) is 0 Å². The number of carbonyl (C=O) groups excluding carboxylic acids is 1. The van der Waals surface area contributed by atoms with Crippen LogP contribution in [0.25, 0.3) is 10.9 Å². The molecule has 2 aromatic rings. The van der Waals surface area contributed by atoms with E-state index in [1.165, 1.54) is 6.20 Å². The van der Waals surface area contributed by atoms with Crippen molar-refractivity contribution in [1.82, 2.24) is 14.8 Å². The third-order valence-electron chi connectivity index (χ3n) is 1.78. The maximum absolute atomic E-state index is 10.9. The molecule has 0 aliphatic rings. The molecule has 0 spiro atoms. The summed E-state index contributed by atoms with van der Waals surface area (Å²) in [4.78, 5) is 14.8. The first kappa shape index (κ1) is 7.72. The van der Waals surface area contributed by atoms with Crippen LogP contribution in [0, 0.1) is 0 Å². The molecule has 2 heterocycles. The highest BCUT2D eigenvalue weighted by atomic mass is 16.1. The average Bonchev–Trinajstić information content (AvgIpc) is 2.43. The van der Waals surface area contributed by atoms with E-state index in [1.54, 1.807) is 24.0 Å². The lowest BCUT2D eigenvalue weighted by atomic mass is 10.2. The van der Waals surface area contributed by atoms with Gasteiger partial charge in [0.25, 0.3) is 5.91 Å². The van der Waals surface area contributed by atoms with Crippen LogP contribution < -0.4 is 5.73 Å². The number of fused-ring (bicyclic) bond motifs is 1. The predicted octanol–water partition coefficient (Wildman–Crippen LogP) is 0.0672. The topological polar surface area (TPSA) is 73.8 Å². The number of hydrogen-bond donors (Lipinski definition) is 1. The fourth-order valence-electron chi connectivity index (χ4n) is 1.26. The Labute approximate surface area is 74.2 Å². The van der Waals surface area contributed by atoms with Crippen molar-refractivity contribution in [2.24, 2.45) is 12.8 Å². The van der Waals surface area contributed by atoms with Crippen LogP contribution in [-0.2, 0) is 7.05 Å². The van der Waals surface area contributed by atoms with Gasteiger partial charge in [-0.2, -0.15) is 5.10 Å². The van der Waals surface area contributed by atoms with Gasteiger partial charge in [-0.25, -0.2) is 0 Å². The molecule has 0 unspecified atom stereocenters. The zero-order valence-electron chi connectivity index (χ0n) is 7.06. The van der Waals surface area contributed by atoms with Gasteiger partial charge in [0.15, 0.2) is 0 Å². The second-order valence-corrected chi connectivity index (χ2v) is 2.76. The Morgan fingerprint density at radius 2 is 2.38 bits per heavy atom. The molecule has 5 heteroatoms. The lowest BCUT2D eigenvalue weighted by Crippen LogP contribution is -2.12. The summed E-state index contributed by atoms with van der Waals surface area (Å²) in [5.74, 6) is -0.529. The van der Waals surface area contributed by atoms with Gasteiger partial charge in [0.1, 0.15) is 5.69 Å². The first-order chi connectivity index (χ1) is 6.18. The number of carbonyl (C=O) groups is 1. The summed E-state index contributed by atoms with van der Waals surface area (Å²) in [7, 11) is 1.78. The molecule has 5 nitrogen and oxygen atoms in total. The third-order valence-corrected chi connectivity index (χ3v) is 1.78. The monoisotopic (exact) mass is 176 g/mol. The first-order valence-corrected chi connectivity index (χ1v) is 3.76. The van der Waals surface area contributed by atoms with Crippen molar-refractivity contribution in [3.63, 3.8) is 0 Å². The number of aromatic nitrogens is 3. The second-order valence-electron chi connectivity index (χ2n) is 2.76. The molecule has 2 rings (SSSR count). The Hall–Kier alpha value is -1.91. The van der Waals surface area contributed by atoms with Gasteiger partial charge in [-0.05, 0) is 6.07 Å². The molecule has 2 N–H and O–H groups in total. The van der Waals surface area contributed by atoms with E-state index in [0.717, 1.165) is 5.52 Å². The Morgan fingerprint density at radius 1 is 1.62 bits per heavy atom. The van der Waals surface area contributed by atoms with Crippen molar-refractivity contribution in [2.45, 2.75) is 0 Å². The SMILES string of the molecule is Cn1cc2c(C(N)=O)nccc2n1. The fourth-order valence-corrected chi connectivity index (χ4v) is 1.26. The predicted molar refractivity (Wildman–Crippen MR) is 47.0 cm³/mol. The molecule has 0 aromatic carbocycles. The Bertz CT molecular complexity index is 474. The zero-order valence-corrected chi connectivity index (χ0v) is 7.06. The molecule has 2 aromatic heterocycles. The third kappa shape index (κ3) is 1.14. The Morgan fingerprint density at radius 3 is 3.08 bits per heavy atom. The molecular formula is C8H8N4O. The number of primary amides is 1. The molecule has 0 radical (unpaired) electrons. The van der Waals surface area contributed by atoms with Crippen LogP contribution in [0.5, 0.6) is 0 Å². The number of amides is 1. The van der Waals surface area contributed by atoms with Gasteiger partial charge in [0.2, 0.25) is 0 Å². The van der Waals surface area contributed by atoms with E-state index < -0.39 is 5.91 Å². The smallest absolute Gasteiger partial charge is 0.268 e. The quantitative estimate of drug-likeness (QED) is 0.668. The lowest BCUT2D eigenvalue weighted by molar-refractivity contribution is 0.0997. The van der Waals surface area contributed by atoms with E-state index >= 15 is 0 Å². The number of hydrogen-bond acceptors (Lipinski definition) is 3. The van der Waals surface area contributed by atoms with E-state index in [2.05, 4.69) is 10.1 Å². The first-order valence-electron chi connectivity index (χ1n) is 3.76. The maximum atomic E-state index is 10.9. The minimum Gasteiger partial charge on any atom is -0.364 e. The summed E-state index contributed by atoms with van der Waals surface area (Å²) >= 11 is 0. The summed E-state index contributed by atoms with van der Waals surface area (Å²) in [5.41, 5.74) is 6.15. The van der Waals surface area contributed by atoms with Gasteiger partial charge in [-0.1, -0.05) is 0 Å². The van der Waals surface area contributed by atoms with Gasteiger partial charge < -0.3 is 5.73 Å². The molecule has 0 atom stereocenters. The highest BCUT2D eigenvalue weighted by Gasteiger charge is 2.09. The molecule has 0 bridgehead atoms. The molecule has 0 saturated carbocycles. The van der Waals surface area contributed by atoms with Crippen molar-refractivity contribution < 1.29 is 4.79 Å². The molecule has 0 saturated heterocycles. The van der Waals surface area contributed by atoms with Crippen LogP contribution in [0.1, 0.15) is 10.5 Å². The lowest BCUT2D eigenvalue weighted by Gasteiger charge is -1.93. The standard InChI is InChI=1S/C8H8N4O/c1-12-4-5-6(11-12)2-3-10-7(5)8(9)13/h2-4H,1H3,(H2,9,13). The minimum atomic E-state index is -0.529. The van der Waals surface area contributed by atoms with Gasteiger partial charge in [-0.15, -0.1) is 0 Å². The molecule has 66 valence electrons. The van der Waals surface area contributed by atoms with Crippen molar-refractivity contribution in [2.75, 3.05) is 0 Å². The van der Waals surface area contributed by atoms with Crippen LogP contribution in [0.4, 0.5) is 0 Å². The average molecular weight is 176 g/mol. The molecule has 0 aliphatic carbocycles. The Kier molecular flexibility index (Phi) is 1.51. The van der Waals surface area contributed by atoms with Crippen LogP contribution >= 0.6 is 0 Å². The Balaban J connectivity index is 2.82. The van der Waals surface area contributed by atoms with E-state index in [4.69, 9.17) is 5.73 Å². The second kappa shape index (κ2) is 2.55. The van der Waals surface area contributed by atoms with Gasteiger partial charge >= 0.3 is 0 Å². The maximum Gasteiger partial charge on any atom is 0.268 e. The van der Waals surface area contributed by atoms with Crippen LogP contribution in [-0.4, -0.2) is 20.7 Å². The summed E-state index contributed by atoms with van der Waals surface area (Å²) < 4.78 is 1.62. The normalized spacial score (nSPS) is 10.5. The summed E-state index contributed by atoms with van der Waals surface area (Å²) in [6, 6.07) is 1.74. The highest BCUT2D eigenvalue weighted by molar-refractivity contribution is 6.03. The molecule has 1 amide bonds. The summed E-state index contributed by atoms with van der Waals surface area (Å²) in [6.07, 6.45) is 3.25. The van der Waals surface area contributed by atoms with Crippen LogP contribution in [0.3, 0.4) is 0 Å². The summed E-state index contributed by atoms with van der Waals surface area (Å²) in [5, 5.41) is 4.82. The van der Waals surface area contributed by atoms with Gasteiger partial charge in [0, 0.05) is 19.4 Å². The molecule has 13 heavy (non-hydrogen) atoms. The molecular weight excluding hydrogens is 168 g/mol. The van der Waals surface area contributed by atoms with E-state index in [0.29, 0.717) is 5.39 Å². The van der Waals surface area contributed by atoms with Crippen LogP contribution in [0.2, 0.25) is 0 Å². The minimum absolute atomic E-state index is 0.269. The number of aryl methyl sites for hydroxylation is 1. The summed E-state index contributed by atoms with van der Waals surface area (Å²) in [6.45, 7) is 0. The number of rotatable bonds is 1. The number of nitrogens with two attached hydrogens (primary N) is 1. The van der Waals surface area contributed by atoms with Gasteiger partial charge in [0.05, 0.1) is 10.9 Å². The fraction of sp³-hybridized carbons (Fsp3) is 0.125. The molecule has 0 aliphatic heterocycles. The highest BCUT2D eigenvalue weighted by Crippen LogP contribution is 2.13. The largest absolute Gasteiger partial charge is 0.364 e. The molecule has 0 fully saturated rings. The van der Waals surface area contributed by atoms with Crippen molar-refractivity contribution in [3.8, 4) is 0 Å². The van der Waals surface area contributed by atoms with Crippen molar-refractivity contribution in [1.29, 1.82) is 0 Å². The van der Waals surface area contributed by atoms with E-state index in [-0.39, 0.29) is 5.69 Å². The zero-order chi connectivity index (χ0) is 9.42. The number of pyridine rings is 1.